The maximum absolute atomic E-state index is 13.2. The first kappa shape index (κ1) is 70.8. The molecule has 28 heteroatoms. The summed E-state index contributed by atoms with van der Waals surface area (Å²) in [6.07, 6.45) is -4.41. The molecule has 0 radical (unpaired) electrons. The number of hydrogen-bond acceptors (Lipinski definition) is 20. The van der Waals surface area contributed by atoms with Crippen molar-refractivity contribution in [1.29, 1.82) is 0 Å². The summed E-state index contributed by atoms with van der Waals surface area (Å²) < 4.78 is 16.4. The van der Waals surface area contributed by atoms with Gasteiger partial charge in [-0.25, -0.2) is 15.0 Å². The second kappa shape index (κ2) is 29.5. The van der Waals surface area contributed by atoms with Crippen molar-refractivity contribution in [3.05, 3.63) is 169 Å². The van der Waals surface area contributed by atoms with Crippen LogP contribution in [0.1, 0.15) is 52.7 Å². The first-order chi connectivity index (χ1) is 48.1. The maximum atomic E-state index is 13.2. The van der Waals surface area contributed by atoms with Crippen molar-refractivity contribution in [3.8, 4) is 0 Å². The molecule has 13 rings (SSSR count). The first-order valence-electron chi connectivity index (χ1n) is 32.3. The molecule has 3 saturated heterocycles. The van der Waals surface area contributed by atoms with Crippen molar-refractivity contribution in [3.63, 3.8) is 0 Å². The molecule has 0 spiro atoms. The number of aliphatic hydroxyl groups excluding tert-OH is 3. The van der Waals surface area contributed by atoms with Crippen LogP contribution in [-0.4, -0.2) is 154 Å². The van der Waals surface area contributed by atoms with E-state index in [1.54, 1.807) is 139 Å². The third-order valence-corrected chi connectivity index (χ3v) is 17.6. The SMILES string of the molecule is CC(=O)Nc1ccc(N2CCO[C@H]([C@@H](O)C(=O)Nc3ccc4c(N)nccc4c3)C2=O)cc1.CC(C)(C)c1ccc(N2CCO[C@H]([C@@H](O)C(=O)Nc3ccc4c(N)nccc4c3)C2=O)cc1.CC1(C)C(=O)Nc2ccc(N3CCO[C@H]([C@@H](O)C(=O)Nc4ccc5c(N)nccc5c4)C3=O)cc21. The normalized spacial score (nSPS) is 18.2. The molecule has 8 amide bonds. The summed E-state index contributed by atoms with van der Waals surface area (Å²) in [5.74, 6) is -2.96. The van der Waals surface area contributed by atoms with Crippen molar-refractivity contribution in [2.75, 3.05) is 97.9 Å². The molecule has 3 aromatic heterocycles. The van der Waals surface area contributed by atoms with Crippen LogP contribution in [0.25, 0.3) is 32.3 Å². The van der Waals surface area contributed by atoms with Gasteiger partial charge in [-0.3, -0.25) is 38.4 Å². The Morgan fingerprint density at radius 2 is 0.842 bits per heavy atom. The number of nitrogens with two attached hydrogens (primary N) is 3. The van der Waals surface area contributed by atoms with E-state index in [4.69, 9.17) is 31.4 Å². The largest absolute Gasteiger partial charge is 0.383 e. The zero-order valence-corrected chi connectivity index (χ0v) is 56.0. The van der Waals surface area contributed by atoms with E-state index in [0.717, 1.165) is 43.4 Å². The molecule has 522 valence electrons. The fourth-order valence-electron chi connectivity index (χ4n) is 12.0. The summed E-state index contributed by atoms with van der Waals surface area (Å²) in [4.78, 5) is 117. The number of nitrogen functional groups attached to an aromatic ring is 3. The molecule has 14 N–H and O–H groups in total. The van der Waals surface area contributed by atoms with E-state index in [1.807, 2.05) is 38.1 Å². The van der Waals surface area contributed by atoms with Gasteiger partial charge in [-0.05, 0) is 174 Å². The lowest BCUT2D eigenvalue weighted by Gasteiger charge is -2.34. The second-order valence-corrected chi connectivity index (χ2v) is 25.9. The van der Waals surface area contributed by atoms with Crippen LogP contribution in [0.15, 0.2) is 158 Å². The summed E-state index contributed by atoms with van der Waals surface area (Å²) >= 11 is 0. The molecule has 7 heterocycles. The highest BCUT2D eigenvalue weighted by Crippen LogP contribution is 2.40. The number of carbonyl (C=O) groups excluding carboxylic acids is 8. The van der Waals surface area contributed by atoms with Gasteiger partial charge in [0, 0.05) is 107 Å². The summed E-state index contributed by atoms with van der Waals surface area (Å²) in [5.41, 5.74) is 23.2. The highest BCUT2D eigenvalue weighted by molar-refractivity contribution is 6.10. The smallest absolute Gasteiger partial charge is 0.259 e. The van der Waals surface area contributed by atoms with Gasteiger partial charge < -0.3 is 88.0 Å². The molecule has 0 aliphatic carbocycles. The lowest BCUT2D eigenvalue weighted by atomic mass is 9.86. The van der Waals surface area contributed by atoms with E-state index in [1.165, 1.54) is 16.7 Å². The topological polar surface area (TPSA) is 412 Å². The van der Waals surface area contributed by atoms with Crippen LogP contribution >= 0.6 is 0 Å². The molecule has 0 bridgehead atoms. The van der Waals surface area contributed by atoms with Crippen molar-refractivity contribution >= 4 is 143 Å². The average molecular weight is 1370 g/mol. The maximum Gasteiger partial charge on any atom is 0.259 e. The number of aliphatic hydroxyl groups is 3. The van der Waals surface area contributed by atoms with Gasteiger partial charge in [0.2, 0.25) is 11.8 Å². The van der Waals surface area contributed by atoms with Crippen molar-refractivity contribution in [1.82, 2.24) is 15.0 Å². The Morgan fingerprint density at radius 1 is 0.495 bits per heavy atom. The van der Waals surface area contributed by atoms with Crippen molar-refractivity contribution in [2.24, 2.45) is 0 Å². The Labute approximate surface area is 579 Å². The van der Waals surface area contributed by atoms with E-state index < -0.39 is 77.5 Å². The number of fused-ring (bicyclic) bond motifs is 4. The third kappa shape index (κ3) is 15.5. The molecule has 9 aromatic rings. The number of carbonyl (C=O) groups is 8. The minimum absolute atomic E-state index is 0.00460. The summed E-state index contributed by atoms with van der Waals surface area (Å²) in [5, 5.41) is 49.9. The molecule has 4 aliphatic heterocycles. The molecular weight excluding hydrogens is 1300 g/mol. The monoisotopic (exact) mass is 1370 g/mol. The molecule has 3 fully saturated rings. The third-order valence-electron chi connectivity index (χ3n) is 17.6. The van der Waals surface area contributed by atoms with Crippen molar-refractivity contribution < 1.29 is 67.9 Å². The average Bonchev–Trinajstić information content (AvgIpc) is 1.64. The number of anilines is 11. The van der Waals surface area contributed by atoms with Gasteiger partial charge in [0.25, 0.3) is 35.4 Å². The highest BCUT2D eigenvalue weighted by Gasteiger charge is 2.44. The zero-order chi connectivity index (χ0) is 72.2. The Bertz CT molecular complexity index is 4700. The molecule has 6 aromatic carbocycles. The Morgan fingerprint density at radius 3 is 1.21 bits per heavy atom. The summed E-state index contributed by atoms with van der Waals surface area (Å²) in [6, 6.07) is 40.2. The number of nitrogens with one attached hydrogen (secondary N) is 5. The molecule has 6 atom stereocenters. The summed E-state index contributed by atoms with van der Waals surface area (Å²) in [6.45, 7) is 12.8. The van der Waals surface area contributed by atoms with Gasteiger partial charge >= 0.3 is 0 Å². The number of hydrogen-bond donors (Lipinski definition) is 11. The summed E-state index contributed by atoms with van der Waals surface area (Å²) in [7, 11) is 0. The van der Waals surface area contributed by atoms with Gasteiger partial charge in [-0.2, -0.15) is 0 Å². The number of amides is 8. The standard InChI is InChI=1S/C25H25N5O5.C25H28N4O4.C23H23N5O5/c1-25(2)17-12-15(4-6-18(17)29-24(25)34)30-9-10-35-20(23(30)33)19(31)22(32)28-14-3-5-16-13(11-14)7-8-27-21(16)26;1-25(2,3)16-4-7-18(8-5-16)29-12-13-33-21(24(29)32)20(30)23(31)28-17-6-9-19-15(14-17)10-11-27-22(19)26;1-13(29)26-15-2-5-17(6-3-15)28-10-11-33-20(23(28)32)19(30)22(31)27-16-4-7-18-14(12-16)8-9-25-21(18)24/h3-8,11-12,19-20,31H,9-10H2,1-2H3,(H2,26,27)(H,28,32)(H,29,34);4-11,14,20-21,30H,12-13H2,1-3H3,(H2,26,27)(H,28,31);2-9,12,19-20,30H,10-11H2,1H3,(H2,24,25)(H,26,29)(H,27,31)/t19-,20-;20-,21-;19-,20-/m111/s1. The van der Waals surface area contributed by atoms with Gasteiger partial charge in [0.05, 0.1) is 25.2 Å². The van der Waals surface area contributed by atoms with E-state index >= 15 is 0 Å². The number of ether oxygens (including phenoxy) is 3. The predicted molar refractivity (Wildman–Crippen MR) is 383 cm³/mol. The molecule has 0 saturated carbocycles. The van der Waals surface area contributed by atoms with Crippen LogP contribution in [0.3, 0.4) is 0 Å². The van der Waals surface area contributed by atoms with Gasteiger partial charge in [0.15, 0.2) is 36.6 Å². The van der Waals surface area contributed by atoms with Crippen LogP contribution in [0.5, 0.6) is 0 Å². The lowest BCUT2D eigenvalue weighted by Crippen LogP contribution is -2.55. The molecule has 0 unspecified atom stereocenters. The van der Waals surface area contributed by atoms with Crippen LogP contribution in [0, 0.1) is 0 Å². The Kier molecular flexibility index (Phi) is 20.7. The Hall–Kier alpha value is -11.5. The number of pyridine rings is 3. The van der Waals surface area contributed by atoms with Gasteiger partial charge in [-0.15, -0.1) is 0 Å². The molecule has 28 nitrogen and oxygen atoms in total. The number of aromatic nitrogens is 3. The minimum atomic E-state index is -1.72. The Balaban J connectivity index is 0.000000153. The van der Waals surface area contributed by atoms with E-state index in [0.29, 0.717) is 69.5 Å². The number of rotatable bonds is 13. The van der Waals surface area contributed by atoms with E-state index in [2.05, 4.69) is 62.3 Å². The second-order valence-electron chi connectivity index (χ2n) is 25.9. The molecular formula is C73H76N14O14. The van der Waals surface area contributed by atoms with Crippen molar-refractivity contribution in [2.45, 2.75) is 89.0 Å². The van der Waals surface area contributed by atoms with Gasteiger partial charge in [0.1, 0.15) is 17.5 Å². The zero-order valence-electron chi connectivity index (χ0n) is 56.0. The van der Waals surface area contributed by atoms with Crippen LogP contribution in [0.4, 0.5) is 63.0 Å². The fraction of sp³-hybridized carbons (Fsp3) is 0.274. The quantitative estimate of drug-likeness (QED) is 0.0618. The highest BCUT2D eigenvalue weighted by atomic mass is 16.5. The molecule has 101 heavy (non-hydrogen) atoms. The van der Waals surface area contributed by atoms with E-state index in [-0.39, 0.29) is 50.1 Å². The lowest BCUT2D eigenvalue weighted by molar-refractivity contribution is -0.150. The number of nitrogens with zero attached hydrogens (tertiary/aromatic N) is 6. The molecule has 4 aliphatic rings. The number of morpholine rings is 3. The van der Waals surface area contributed by atoms with Gasteiger partial charge in [-0.1, -0.05) is 32.9 Å². The van der Waals surface area contributed by atoms with E-state index in [9.17, 15) is 53.7 Å². The predicted octanol–water partition coefficient (Wildman–Crippen LogP) is 6.13. The minimum Gasteiger partial charge on any atom is -0.383 e. The van der Waals surface area contributed by atoms with Crippen LogP contribution in [0.2, 0.25) is 0 Å². The van der Waals surface area contributed by atoms with Crippen LogP contribution in [-0.2, 0) is 63.4 Å². The first-order valence-corrected chi connectivity index (χ1v) is 32.3. The number of benzene rings is 6. The van der Waals surface area contributed by atoms with Crippen LogP contribution < -0.4 is 58.5 Å². The fourth-order valence-corrected chi connectivity index (χ4v) is 12.0.